The molecule has 1 fully saturated rings. The molecule has 0 amide bonds. The number of rotatable bonds is 5. The molecule has 2 unspecified atom stereocenters. The second-order valence-corrected chi connectivity index (χ2v) is 4.24. The summed E-state index contributed by atoms with van der Waals surface area (Å²) in [6.07, 6.45) is 7.06. The van der Waals surface area contributed by atoms with E-state index >= 15 is 0 Å². The van der Waals surface area contributed by atoms with Gasteiger partial charge in [-0.05, 0) is 44.7 Å². The van der Waals surface area contributed by atoms with Crippen LogP contribution < -0.4 is 5.32 Å². The highest BCUT2D eigenvalue weighted by atomic mass is 16.3. The van der Waals surface area contributed by atoms with E-state index in [0.29, 0.717) is 0 Å². The molecular formula is C11H23NO. The van der Waals surface area contributed by atoms with Crippen molar-refractivity contribution >= 4 is 0 Å². The van der Waals surface area contributed by atoms with Gasteiger partial charge in [0.15, 0.2) is 0 Å². The van der Waals surface area contributed by atoms with Crippen molar-refractivity contribution in [2.24, 2.45) is 5.92 Å². The molecule has 1 saturated carbocycles. The van der Waals surface area contributed by atoms with Crippen LogP contribution in [-0.4, -0.2) is 24.3 Å². The molecule has 0 spiro atoms. The van der Waals surface area contributed by atoms with Gasteiger partial charge in [-0.15, -0.1) is 0 Å². The zero-order valence-electron chi connectivity index (χ0n) is 8.76. The van der Waals surface area contributed by atoms with Crippen LogP contribution in [0.4, 0.5) is 0 Å². The number of aliphatic hydroxyl groups is 1. The molecule has 2 N–H and O–H groups in total. The fourth-order valence-electron chi connectivity index (χ4n) is 2.06. The standard InChI is InChI=1S/C11H23NO/c1-2-3-7-12-9-10-5-4-6-11(13)8-10/h10-13H,2-9H2,1H3. The molecule has 0 radical (unpaired) electrons. The van der Waals surface area contributed by atoms with Gasteiger partial charge in [-0.3, -0.25) is 0 Å². The van der Waals surface area contributed by atoms with Crippen LogP contribution in [0.1, 0.15) is 45.4 Å². The first-order valence-electron chi connectivity index (χ1n) is 5.71. The van der Waals surface area contributed by atoms with E-state index in [9.17, 15) is 5.11 Å². The summed E-state index contributed by atoms with van der Waals surface area (Å²) < 4.78 is 0. The maximum absolute atomic E-state index is 9.45. The van der Waals surface area contributed by atoms with Crippen molar-refractivity contribution in [2.75, 3.05) is 13.1 Å². The van der Waals surface area contributed by atoms with Crippen molar-refractivity contribution in [3.05, 3.63) is 0 Å². The highest BCUT2D eigenvalue weighted by Gasteiger charge is 2.19. The van der Waals surface area contributed by atoms with Crippen LogP contribution in [0.2, 0.25) is 0 Å². The van der Waals surface area contributed by atoms with Gasteiger partial charge >= 0.3 is 0 Å². The molecule has 0 heterocycles. The molecule has 1 aliphatic rings. The molecule has 2 nitrogen and oxygen atoms in total. The summed E-state index contributed by atoms with van der Waals surface area (Å²) in [7, 11) is 0. The lowest BCUT2D eigenvalue weighted by atomic mass is 9.87. The van der Waals surface area contributed by atoms with Gasteiger partial charge in [0.2, 0.25) is 0 Å². The van der Waals surface area contributed by atoms with Gasteiger partial charge in [0.1, 0.15) is 0 Å². The molecule has 0 bridgehead atoms. The minimum absolute atomic E-state index is 0.0216. The summed E-state index contributed by atoms with van der Waals surface area (Å²) in [6.45, 7) is 4.46. The molecule has 2 atom stereocenters. The first-order valence-corrected chi connectivity index (χ1v) is 5.71. The van der Waals surface area contributed by atoms with Crippen molar-refractivity contribution in [2.45, 2.75) is 51.6 Å². The van der Waals surface area contributed by atoms with E-state index in [1.165, 1.54) is 25.7 Å². The Morgan fingerprint density at radius 1 is 1.38 bits per heavy atom. The van der Waals surface area contributed by atoms with Crippen LogP contribution in [0.5, 0.6) is 0 Å². The fraction of sp³-hybridized carbons (Fsp3) is 1.00. The molecule has 0 aliphatic heterocycles. The van der Waals surface area contributed by atoms with E-state index in [0.717, 1.165) is 31.8 Å². The van der Waals surface area contributed by atoms with Gasteiger partial charge in [-0.2, -0.15) is 0 Å². The smallest absolute Gasteiger partial charge is 0.0543 e. The predicted molar refractivity (Wildman–Crippen MR) is 55.7 cm³/mol. The summed E-state index contributed by atoms with van der Waals surface area (Å²) in [5.74, 6) is 0.723. The van der Waals surface area contributed by atoms with Gasteiger partial charge in [0.25, 0.3) is 0 Å². The van der Waals surface area contributed by atoms with Crippen LogP contribution in [0.3, 0.4) is 0 Å². The Labute approximate surface area is 81.7 Å². The maximum atomic E-state index is 9.45. The Kier molecular flexibility index (Phi) is 5.40. The number of unbranched alkanes of at least 4 members (excludes halogenated alkanes) is 1. The summed E-state index contributed by atoms with van der Waals surface area (Å²) in [6, 6.07) is 0. The molecule has 78 valence electrons. The van der Waals surface area contributed by atoms with E-state index in [1.807, 2.05) is 0 Å². The van der Waals surface area contributed by atoms with Crippen molar-refractivity contribution in [3.63, 3.8) is 0 Å². The normalized spacial score (nSPS) is 29.1. The Hall–Kier alpha value is -0.0800. The zero-order chi connectivity index (χ0) is 9.52. The SMILES string of the molecule is CCCCNCC1CCCC(O)C1. The topological polar surface area (TPSA) is 32.3 Å². The van der Waals surface area contributed by atoms with Crippen LogP contribution in [0, 0.1) is 5.92 Å². The number of hydrogen-bond acceptors (Lipinski definition) is 2. The summed E-state index contributed by atoms with van der Waals surface area (Å²) >= 11 is 0. The lowest BCUT2D eigenvalue weighted by molar-refractivity contribution is 0.101. The first-order chi connectivity index (χ1) is 6.33. The van der Waals surface area contributed by atoms with Crippen LogP contribution in [0.15, 0.2) is 0 Å². The van der Waals surface area contributed by atoms with E-state index in [1.54, 1.807) is 0 Å². The Morgan fingerprint density at radius 2 is 2.23 bits per heavy atom. The van der Waals surface area contributed by atoms with Crippen molar-refractivity contribution in [3.8, 4) is 0 Å². The molecule has 0 aromatic heterocycles. The van der Waals surface area contributed by atoms with Gasteiger partial charge in [0.05, 0.1) is 6.10 Å². The predicted octanol–water partition coefficient (Wildman–Crippen LogP) is 1.93. The zero-order valence-corrected chi connectivity index (χ0v) is 8.76. The molecule has 1 rings (SSSR count). The average molecular weight is 185 g/mol. The Balaban J connectivity index is 2.00. The summed E-state index contributed by atoms with van der Waals surface area (Å²) in [4.78, 5) is 0. The highest BCUT2D eigenvalue weighted by Crippen LogP contribution is 2.23. The number of aliphatic hydroxyl groups excluding tert-OH is 1. The monoisotopic (exact) mass is 185 g/mol. The first kappa shape index (κ1) is 11.0. The largest absolute Gasteiger partial charge is 0.393 e. The van der Waals surface area contributed by atoms with Gasteiger partial charge in [-0.1, -0.05) is 19.8 Å². The van der Waals surface area contributed by atoms with Crippen LogP contribution >= 0.6 is 0 Å². The maximum Gasteiger partial charge on any atom is 0.0543 e. The van der Waals surface area contributed by atoms with E-state index in [-0.39, 0.29) is 6.10 Å². The molecule has 0 saturated heterocycles. The lowest BCUT2D eigenvalue weighted by Crippen LogP contribution is -2.29. The summed E-state index contributed by atoms with van der Waals surface area (Å²) in [5, 5.41) is 12.9. The molecule has 1 aliphatic carbocycles. The highest BCUT2D eigenvalue weighted by molar-refractivity contribution is 4.73. The molecular weight excluding hydrogens is 162 g/mol. The molecule has 2 heteroatoms. The van der Waals surface area contributed by atoms with Crippen LogP contribution in [0.25, 0.3) is 0 Å². The van der Waals surface area contributed by atoms with E-state index < -0.39 is 0 Å². The van der Waals surface area contributed by atoms with Crippen LogP contribution in [-0.2, 0) is 0 Å². The fourth-order valence-corrected chi connectivity index (χ4v) is 2.06. The third-order valence-corrected chi connectivity index (χ3v) is 2.90. The minimum Gasteiger partial charge on any atom is -0.393 e. The third kappa shape index (κ3) is 4.63. The van der Waals surface area contributed by atoms with Gasteiger partial charge in [-0.25, -0.2) is 0 Å². The van der Waals surface area contributed by atoms with Gasteiger partial charge in [0, 0.05) is 0 Å². The molecule has 13 heavy (non-hydrogen) atoms. The quantitative estimate of drug-likeness (QED) is 0.641. The Bertz CT molecular complexity index is 127. The second kappa shape index (κ2) is 6.39. The summed E-state index contributed by atoms with van der Waals surface area (Å²) in [5.41, 5.74) is 0. The van der Waals surface area contributed by atoms with E-state index in [2.05, 4.69) is 12.2 Å². The molecule has 0 aromatic carbocycles. The number of hydrogen-bond donors (Lipinski definition) is 2. The van der Waals surface area contributed by atoms with Crippen molar-refractivity contribution < 1.29 is 5.11 Å². The van der Waals surface area contributed by atoms with Crippen molar-refractivity contribution in [1.82, 2.24) is 5.32 Å². The molecule has 0 aromatic rings. The Morgan fingerprint density at radius 3 is 2.92 bits per heavy atom. The average Bonchev–Trinajstić information content (AvgIpc) is 2.13. The van der Waals surface area contributed by atoms with Gasteiger partial charge < -0.3 is 10.4 Å². The third-order valence-electron chi connectivity index (χ3n) is 2.90. The minimum atomic E-state index is -0.0216. The lowest BCUT2D eigenvalue weighted by Gasteiger charge is -2.25. The number of nitrogens with one attached hydrogen (secondary N) is 1. The second-order valence-electron chi connectivity index (χ2n) is 4.24. The van der Waals surface area contributed by atoms with E-state index in [4.69, 9.17) is 0 Å². The van der Waals surface area contributed by atoms with Crippen molar-refractivity contribution in [1.29, 1.82) is 0 Å².